The molecule has 26 heavy (non-hydrogen) atoms. The SMILES string of the molecule is I[Si](CCc1ccccc1)(CCc1ccccc1)CCc1ccccc1. The van der Waals surface area contributed by atoms with Crippen LogP contribution in [-0.2, 0) is 19.3 Å². The number of halogens is 1. The Morgan fingerprint density at radius 3 is 1.00 bits per heavy atom. The van der Waals surface area contributed by atoms with Crippen molar-refractivity contribution < 1.29 is 0 Å². The molecule has 0 aromatic heterocycles. The van der Waals surface area contributed by atoms with Crippen LogP contribution in [0.2, 0.25) is 18.1 Å². The van der Waals surface area contributed by atoms with Crippen molar-refractivity contribution in [3.63, 3.8) is 0 Å². The van der Waals surface area contributed by atoms with E-state index in [0.29, 0.717) is 0 Å². The van der Waals surface area contributed by atoms with E-state index in [9.17, 15) is 0 Å². The highest BCUT2D eigenvalue weighted by molar-refractivity contribution is 14.1. The summed E-state index contributed by atoms with van der Waals surface area (Å²) in [5.74, 6) is 0. The fraction of sp³-hybridized carbons (Fsp3) is 0.250. The summed E-state index contributed by atoms with van der Waals surface area (Å²) in [4.78, 5) is 0. The molecule has 2 heteroatoms. The molecule has 0 amide bonds. The normalized spacial score (nSPS) is 11.4. The lowest BCUT2D eigenvalue weighted by Gasteiger charge is -2.26. The van der Waals surface area contributed by atoms with Crippen molar-refractivity contribution in [3.05, 3.63) is 108 Å². The minimum Gasteiger partial charge on any atom is -0.119 e. The predicted octanol–water partition coefficient (Wildman–Crippen LogP) is 7.10. The first-order valence-electron chi connectivity index (χ1n) is 9.54. The molecule has 3 aromatic rings. The molecular formula is C24H27ISi. The molecule has 0 aliphatic rings. The van der Waals surface area contributed by atoms with Crippen LogP contribution in [0.1, 0.15) is 16.7 Å². The lowest BCUT2D eigenvalue weighted by atomic mass is 10.2. The molecule has 0 saturated carbocycles. The van der Waals surface area contributed by atoms with Gasteiger partial charge in [-0.3, -0.25) is 0 Å². The molecule has 0 radical (unpaired) electrons. The summed E-state index contributed by atoms with van der Waals surface area (Å²) in [6.45, 7) is 0. The van der Waals surface area contributed by atoms with Crippen LogP contribution in [0.15, 0.2) is 91.0 Å². The summed E-state index contributed by atoms with van der Waals surface area (Å²) >= 11 is 2.89. The van der Waals surface area contributed by atoms with Gasteiger partial charge in [0, 0.05) is 0 Å². The Hall–Kier alpha value is -1.39. The molecule has 0 aliphatic heterocycles. The van der Waals surface area contributed by atoms with E-state index in [4.69, 9.17) is 0 Å². The minimum atomic E-state index is -1.33. The first kappa shape index (κ1) is 19.4. The highest BCUT2D eigenvalue weighted by Gasteiger charge is 2.29. The third kappa shape index (κ3) is 6.40. The zero-order valence-electron chi connectivity index (χ0n) is 15.3. The van der Waals surface area contributed by atoms with Gasteiger partial charge in [0.2, 0.25) is 0 Å². The molecule has 0 atom stereocenters. The molecule has 3 rings (SSSR count). The van der Waals surface area contributed by atoms with Gasteiger partial charge in [-0.15, -0.1) is 21.8 Å². The highest BCUT2D eigenvalue weighted by Crippen LogP contribution is 2.33. The van der Waals surface area contributed by atoms with Gasteiger partial charge in [0.05, 0.1) is 0 Å². The topological polar surface area (TPSA) is 0 Å². The van der Waals surface area contributed by atoms with Crippen LogP contribution >= 0.6 is 21.8 Å². The summed E-state index contributed by atoms with van der Waals surface area (Å²) in [6, 6.07) is 37.1. The first-order chi connectivity index (χ1) is 12.7. The zero-order chi connectivity index (χ0) is 18.1. The van der Waals surface area contributed by atoms with Gasteiger partial charge >= 0.3 is 0 Å². The number of hydrogen-bond acceptors (Lipinski definition) is 0. The predicted molar refractivity (Wildman–Crippen MR) is 125 cm³/mol. The van der Waals surface area contributed by atoms with Gasteiger partial charge in [0.15, 0.2) is 0 Å². The fourth-order valence-electron chi connectivity index (χ4n) is 3.41. The van der Waals surface area contributed by atoms with Gasteiger partial charge < -0.3 is 0 Å². The maximum Gasteiger partial charge on any atom is 0.126 e. The molecule has 0 aliphatic carbocycles. The molecular weight excluding hydrogens is 443 g/mol. The van der Waals surface area contributed by atoms with Crippen LogP contribution in [0, 0.1) is 0 Å². The van der Waals surface area contributed by atoms with Gasteiger partial charge in [-0.05, 0) is 54.1 Å². The summed E-state index contributed by atoms with van der Waals surface area (Å²) < 4.78 is 0. The van der Waals surface area contributed by atoms with Crippen molar-refractivity contribution in [3.8, 4) is 0 Å². The standard InChI is InChI=1S/C24H27ISi/c25-26(19-16-22-10-4-1-5-11-22,20-17-23-12-6-2-7-13-23)21-18-24-14-8-3-9-15-24/h1-15H,16-21H2. The second-order valence-corrected chi connectivity index (χ2v) is 17.8. The molecule has 0 fully saturated rings. The van der Waals surface area contributed by atoms with E-state index in [1.807, 2.05) is 0 Å². The second kappa shape index (κ2) is 10.1. The van der Waals surface area contributed by atoms with E-state index < -0.39 is 5.57 Å². The van der Waals surface area contributed by atoms with Crippen molar-refractivity contribution in [2.24, 2.45) is 0 Å². The van der Waals surface area contributed by atoms with Crippen molar-refractivity contribution in [1.29, 1.82) is 0 Å². The number of benzene rings is 3. The third-order valence-corrected chi connectivity index (χ3v) is 13.4. The van der Waals surface area contributed by atoms with Crippen molar-refractivity contribution in [1.82, 2.24) is 0 Å². The number of aryl methyl sites for hydroxylation is 3. The lowest BCUT2D eigenvalue weighted by molar-refractivity contribution is 0.998. The maximum absolute atomic E-state index is 2.89. The molecule has 0 heterocycles. The number of hydrogen-bond donors (Lipinski definition) is 0. The van der Waals surface area contributed by atoms with Crippen LogP contribution in [-0.4, -0.2) is 5.57 Å². The molecule has 0 unspecified atom stereocenters. The Morgan fingerprint density at radius 2 is 0.731 bits per heavy atom. The quantitative estimate of drug-likeness (QED) is 0.178. The Labute approximate surface area is 171 Å². The third-order valence-electron chi connectivity index (χ3n) is 5.11. The average molecular weight is 470 g/mol. The van der Waals surface area contributed by atoms with E-state index >= 15 is 0 Å². The van der Waals surface area contributed by atoms with Gasteiger partial charge in [0.25, 0.3) is 0 Å². The summed E-state index contributed by atoms with van der Waals surface area (Å²) in [6.07, 6.45) is 3.67. The summed E-state index contributed by atoms with van der Waals surface area (Å²) in [5, 5.41) is 0. The zero-order valence-corrected chi connectivity index (χ0v) is 18.4. The van der Waals surface area contributed by atoms with Crippen LogP contribution in [0.25, 0.3) is 0 Å². The van der Waals surface area contributed by atoms with Gasteiger partial charge in [-0.25, -0.2) is 0 Å². The fourth-order valence-corrected chi connectivity index (χ4v) is 8.80. The Morgan fingerprint density at radius 1 is 0.462 bits per heavy atom. The molecule has 3 aromatic carbocycles. The van der Waals surface area contributed by atoms with E-state index in [1.165, 1.54) is 54.1 Å². The minimum absolute atomic E-state index is 1.22. The Kier molecular flexibility index (Phi) is 7.51. The summed E-state index contributed by atoms with van der Waals surface area (Å²) in [7, 11) is 0. The number of rotatable bonds is 9. The van der Waals surface area contributed by atoms with E-state index in [-0.39, 0.29) is 0 Å². The van der Waals surface area contributed by atoms with Crippen molar-refractivity contribution >= 4 is 27.4 Å². The van der Waals surface area contributed by atoms with Gasteiger partial charge in [0.1, 0.15) is 5.57 Å². The molecule has 0 bridgehead atoms. The molecule has 0 saturated heterocycles. The average Bonchev–Trinajstić information content (AvgIpc) is 2.72. The second-order valence-electron chi connectivity index (χ2n) is 7.11. The summed E-state index contributed by atoms with van der Waals surface area (Å²) in [5.41, 5.74) is 3.13. The Balaban J connectivity index is 1.64. The van der Waals surface area contributed by atoms with E-state index in [2.05, 4.69) is 113 Å². The van der Waals surface area contributed by atoms with Gasteiger partial charge in [-0.1, -0.05) is 91.0 Å². The van der Waals surface area contributed by atoms with Crippen LogP contribution in [0.5, 0.6) is 0 Å². The molecule has 0 spiro atoms. The van der Waals surface area contributed by atoms with Crippen LogP contribution in [0.4, 0.5) is 0 Å². The maximum atomic E-state index is 2.89. The van der Waals surface area contributed by atoms with E-state index in [1.54, 1.807) is 0 Å². The molecule has 134 valence electrons. The molecule has 0 nitrogen and oxygen atoms in total. The smallest absolute Gasteiger partial charge is 0.119 e. The monoisotopic (exact) mass is 470 g/mol. The molecule has 0 N–H and O–H groups in total. The van der Waals surface area contributed by atoms with E-state index in [0.717, 1.165) is 0 Å². The highest BCUT2D eigenvalue weighted by atomic mass is 127. The largest absolute Gasteiger partial charge is 0.126 e. The van der Waals surface area contributed by atoms with Gasteiger partial charge in [-0.2, -0.15) is 0 Å². The lowest BCUT2D eigenvalue weighted by Crippen LogP contribution is -2.28. The first-order valence-corrected chi connectivity index (χ1v) is 15.3. The van der Waals surface area contributed by atoms with Crippen LogP contribution < -0.4 is 0 Å². The Bertz CT molecular complexity index is 650. The van der Waals surface area contributed by atoms with Crippen molar-refractivity contribution in [2.75, 3.05) is 0 Å². The van der Waals surface area contributed by atoms with Crippen LogP contribution in [0.3, 0.4) is 0 Å². The van der Waals surface area contributed by atoms with Crippen molar-refractivity contribution in [2.45, 2.75) is 37.4 Å².